The molecule has 0 bridgehead atoms. The lowest BCUT2D eigenvalue weighted by Gasteiger charge is -2.39. The van der Waals surface area contributed by atoms with Gasteiger partial charge in [0.25, 0.3) is 0 Å². The number of phenolic OH excluding ortho intramolecular Hbond substituents is 1. The summed E-state index contributed by atoms with van der Waals surface area (Å²) in [6, 6.07) is 24.3. The van der Waals surface area contributed by atoms with E-state index in [1.165, 1.54) is 75.7 Å². The smallest absolute Gasteiger partial charge is 0.122 e. The molecular formula is C36H51ClN2O2. The summed E-state index contributed by atoms with van der Waals surface area (Å²) in [5.74, 6) is 1.31. The predicted octanol–water partition coefficient (Wildman–Crippen LogP) is 8.65. The van der Waals surface area contributed by atoms with Crippen LogP contribution in [0.3, 0.4) is 0 Å². The van der Waals surface area contributed by atoms with E-state index < -0.39 is 0 Å². The first-order chi connectivity index (χ1) is 19.5. The van der Waals surface area contributed by atoms with Crippen LogP contribution in [0, 0.1) is 20.8 Å². The average molecular weight is 579 g/mol. The zero-order chi connectivity index (χ0) is 28.2. The number of rotatable bonds is 15. The Bertz CT molecular complexity index is 1110. The molecule has 1 aliphatic rings. The number of aryl methyl sites for hydroxylation is 1. The summed E-state index contributed by atoms with van der Waals surface area (Å²) in [6.45, 7) is 12.5. The molecule has 4 rings (SSSR count). The van der Waals surface area contributed by atoms with Gasteiger partial charge in [-0.05, 0) is 74.0 Å². The van der Waals surface area contributed by atoms with Gasteiger partial charge in [0.1, 0.15) is 11.5 Å². The van der Waals surface area contributed by atoms with E-state index in [9.17, 15) is 5.11 Å². The van der Waals surface area contributed by atoms with E-state index in [0.717, 1.165) is 48.6 Å². The first-order valence-corrected chi connectivity index (χ1v) is 15.5. The van der Waals surface area contributed by atoms with Crippen molar-refractivity contribution >= 4 is 12.4 Å². The Labute approximate surface area is 255 Å². The van der Waals surface area contributed by atoms with Gasteiger partial charge >= 0.3 is 0 Å². The zero-order valence-electron chi connectivity index (χ0n) is 25.5. The van der Waals surface area contributed by atoms with E-state index >= 15 is 0 Å². The molecular weight excluding hydrogens is 528 g/mol. The highest BCUT2D eigenvalue weighted by atomic mass is 35.5. The molecule has 4 nitrogen and oxygen atoms in total. The van der Waals surface area contributed by atoms with Gasteiger partial charge in [-0.25, -0.2) is 0 Å². The number of benzene rings is 3. The highest BCUT2D eigenvalue weighted by Gasteiger charge is 2.26. The number of aromatic hydroxyl groups is 1. The Morgan fingerprint density at radius 3 is 1.76 bits per heavy atom. The maximum Gasteiger partial charge on any atom is 0.122 e. The van der Waals surface area contributed by atoms with Crippen LogP contribution >= 0.6 is 12.4 Å². The summed E-state index contributed by atoms with van der Waals surface area (Å²) in [5.41, 5.74) is 5.66. The zero-order valence-corrected chi connectivity index (χ0v) is 26.3. The van der Waals surface area contributed by atoms with Crippen LogP contribution in [0.2, 0.25) is 0 Å². The summed E-state index contributed by atoms with van der Waals surface area (Å²) < 4.78 is 6.02. The summed E-state index contributed by atoms with van der Waals surface area (Å²) in [4.78, 5) is 5.34. The highest BCUT2D eigenvalue weighted by Crippen LogP contribution is 2.32. The van der Waals surface area contributed by atoms with Gasteiger partial charge in [-0.1, -0.05) is 99.2 Å². The maximum atomic E-state index is 10.1. The van der Waals surface area contributed by atoms with Crippen molar-refractivity contribution in [2.75, 3.05) is 39.3 Å². The molecule has 0 atom stereocenters. The third-order valence-corrected chi connectivity index (χ3v) is 8.64. The van der Waals surface area contributed by atoms with Crippen molar-refractivity contribution in [1.29, 1.82) is 0 Å². The van der Waals surface area contributed by atoms with Gasteiger partial charge in [-0.2, -0.15) is 0 Å². The lowest BCUT2D eigenvalue weighted by molar-refractivity contribution is 0.108. The van der Waals surface area contributed by atoms with Crippen molar-refractivity contribution in [2.24, 2.45) is 0 Å². The molecule has 3 aromatic carbocycles. The lowest BCUT2D eigenvalue weighted by atomic mass is 9.96. The molecule has 1 heterocycles. The molecule has 1 aliphatic heterocycles. The van der Waals surface area contributed by atoms with E-state index in [4.69, 9.17) is 4.74 Å². The lowest BCUT2D eigenvalue weighted by Crippen LogP contribution is -2.48. The summed E-state index contributed by atoms with van der Waals surface area (Å²) in [7, 11) is 0. The Balaban J connectivity index is 0.00000462. The van der Waals surface area contributed by atoms with Crippen LogP contribution in [0.4, 0.5) is 0 Å². The standard InChI is InChI=1S/C36H50N2O2.ClH/c1-29-28-34(30(2)31(3)36(29)39)40-27-17-9-7-5-4-6-8-16-22-37-23-25-38(26-24-37)35(32-18-12-10-13-19-32)33-20-14-11-15-21-33;/h10-15,18-21,28,35,39H,4-9,16-17,22-27H2,1-3H3;1H. The Morgan fingerprint density at radius 2 is 1.20 bits per heavy atom. The van der Waals surface area contributed by atoms with Gasteiger partial charge in [-0.3, -0.25) is 4.90 Å². The van der Waals surface area contributed by atoms with Crippen LogP contribution in [0.5, 0.6) is 11.5 Å². The molecule has 5 heteroatoms. The largest absolute Gasteiger partial charge is 0.507 e. The third-order valence-electron chi connectivity index (χ3n) is 8.64. The van der Waals surface area contributed by atoms with E-state index in [0.29, 0.717) is 11.8 Å². The van der Waals surface area contributed by atoms with Crippen molar-refractivity contribution in [3.8, 4) is 11.5 Å². The molecule has 0 unspecified atom stereocenters. The van der Waals surface area contributed by atoms with Crippen LogP contribution in [0.1, 0.15) is 85.2 Å². The van der Waals surface area contributed by atoms with Crippen LogP contribution in [0.25, 0.3) is 0 Å². The van der Waals surface area contributed by atoms with Crippen molar-refractivity contribution < 1.29 is 9.84 Å². The van der Waals surface area contributed by atoms with Crippen molar-refractivity contribution in [3.05, 3.63) is 94.5 Å². The molecule has 1 saturated heterocycles. The fourth-order valence-corrected chi connectivity index (χ4v) is 5.99. The fraction of sp³-hybridized carbons (Fsp3) is 0.500. The van der Waals surface area contributed by atoms with Gasteiger partial charge in [0, 0.05) is 26.2 Å². The minimum Gasteiger partial charge on any atom is -0.507 e. The predicted molar refractivity (Wildman–Crippen MR) is 175 cm³/mol. The number of halogens is 1. The van der Waals surface area contributed by atoms with Crippen LogP contribution in [-0.2, 0) is 0 Å². The molecule has 0 aromatic heterocycles. The Morgan fingerprint density at radius 1 is 0.683 bits per heavy atom. The van der Waals surface area contributed by atoms with Crippen LogP contribution in [-0.4, -0.2) is 54.2 Å². The molecule has 1 N–H and O–H groups in total. The summed E-state index contributed by atoms with van der Waals surface area (Å²) >= 11 is 0. The monoisotopic (exact) mass is 578 g/mol. The fourth-order valence-electron chi connectivity index (χ4n) is 5.99. The molecule has 0 radical (unpaired) electrons. The van der Waals surface area contributed by atoms with Crippen LogP contribution < -0.4 is 4.74 Å². The molecule has 0 spiro atoms. The van der Waals surface area contributed by atoms with Gasteiger partial charge < -0.3 is 14.7 Å². The molecule has 0 saturated carbocycles. The van der Waals surface area contributed by atoms with Crippen LogP contribution in [0.15, 0.2) is 66.7 Å². The number of nitrogens with zero attached hydrogens (tertiary/aromatic N) is 2. The summed E-state index contributed by atoms with van der Waals surface area (Å²) in [6.07, 6.45) is 10.3. The summed E-state index contributed by atoms with van der Waals surface area (Å²) in [5, 5.41) is 10.1. The minimum atomic E-state index is 0. The SMILES string of the molecule is Cc1cc(OCCCCCCCCCCN2CCN(C(c3ccccc3)c3ccccc3)CC2)c(C)c(C)c1O.Cl. The Hall–Kier alpha value is -2.53. The second kappa shape index (κ2) is 17.4. The second-order valence-corrected chi connectivity index (χ2v) is 11.6. The third kappa shape index (κ3) is 9.77. The molecule has 1 fully saturated rings. The van der Waals surface area contributed by atoms with Crippen molar-refractivity contribution in [2.45, 2.75) is 78.2 Å². The van der Waals surface area contributed by atoms with Crippen molar-refractivity contribution in [1.82, 2.24) is 9.80 Å². The van der Waals surface area contributed by atoms with Crippen molar-refractivity contribution in [3.63, 3.8) is 0 Å². The number of hydrogen-bond acceptors (Lipinski definition) is 4. The quantitative estimate of drug-likeness (QED) is 0.183. The normalized spacial score (nSPS) is 14.2. The van der Waals surface area contributed by atoms with Gasteiger partial charge in [0.15, 0.2) is 0 Å². The average Bonchev–Trinajstić information content (AvgIpc) is 2.99. The Kier molecular flexibility index (Phi) is 14.0. The van der Waals surface area contributed by atoms with E-state index in [1.54, 1.807) is 0 Å². The van der Waals surface area contributed by atoms with E-state index in [-0.39, 0.29) is 12.4 Å². The minimum absolute atomic E-state index is 0. The molecule has 224 valence electrons. The highest BCUT2D eigenvalue weighted by molar-refractivity contribution is 5.85. The number of ether oxygens (including phenoxy) is 1. The molecule has 3 aromatic rings. The maximum absolute atomic E-state index is 10.1. The van der Waals surface area contributed by atoms with E-state index in [1.807, 2.05) is 26.8 Å². The second-order valence-electron chi connectivity index (χ2n) is 11.6. The number of hydrogen-bond donors (Lipinski definition) is 1. The molecule has 0 amide bonds. The molecule has 41 heavy (non-hydrogen) atoms. The van der Waals surface area contributed by atoms with E-state index in [2.05, 4.69) is 70.5 Å². The number of piperazine rings is 1. The van der Waals surface area contributed by atoms with Gasteiger partial charge in [-0.15, -0.1) is 12.4 Å². The number of phenols is 1. The molecule has 0 aliphatic carbocycles. The topological polar surface area (TPSA) is 35.9 Å². The first-order valence-electron chi connectivity index (χ1n) is 15.5. The number of unbranched alkanes of at least 4 members (excludes halogenated alkanes) is 7. The first kappa shape index (κ1) is 33.0. The van der Waals surface area contributed by atoms with Gasteiger partial charge in [0.2, 0.25) is 0 Å². The van der Waals surface area contributed by atoms with Gasteiger partial charge in [0.05, 0.1) is 12.6 Å².